The molecule has 1 unspecified atom stereocenters. The largest absolute Gasteiger partial charge is 0.377 e. The highest BCUT2D eigenvalue weighted by atomic mass is 35.5. The summed E-state index contributed by atoms with van der Waals surface area (Å²) in [5.41, 5.74) is 0.383. The summed E-state index contributed by atoms with van der Waals surface area (Å²) in [6.07, 6.45) is 2.60. The Kier molecular flexibility index (Phi) is 6.75. The zero-order valence-electron chi connectivity index (χ0n) is 14.5. The van der Waals surface area contributed by atoms with E-state index in [1.807, 2.05) is 0 Å². The molecule has 0 spiro atoms. The first-order chi connectivity index (χ1) is 12.5. The lowest BCUT2D eigenvalue weighted by molar-refractivity contribution is -0.132. The Bertz CT molecular complexity index is 657. The molecule has 1 N–H and O–H groups in total. The summed E-state index contributed by atoms with van der Waals surface area (Å²) < 4.78 is 5.67. The molecule has 3 rings (SSSR count). The average Bonchev–Trinajstić information content (AvgIpc) is 3.15. The summed E-state index contributed by atoms with van der Waals surface area (Å²) >= 11 is 11.8. The molecule has 0 radical (unpaired) electrons. The highest BCUT2D eigenvalue weighted by Gasteiger charge is 2.25. The van der Waals surface area contributed by atoms with E-state index in [0.717, 1.165) is 39.1 Å². The fourth-order valence-corrected chi connectivity index (χ4v) is 3.56. The second-order valence-corrected chi connectivity index (χ2v) is 7.44. The molecular formula is C18H23Cl2N3O3. The van der Waals surface area contributed by atoms with Crippen LogP contribution in [0.25, 0.3) is 0 Å². The second kappa shape index (κ2) is 9.04. The van der Waals surface area contributed by atoms with Gasteiger partial charge in [0.15, 0.2) is 0 Å². The van der Waals surface area contributed by atoms with E-state index < -0.39 is 0 Å². The summed E-state index contributed by atoms with van der Waals surface area (Å²) in [5, 5.41) is 3.35. The van der Waals surface area contributed by atoms with Crippen molar-refractivity contribution in [2.75, 3.05) is 45.9 Å². The highest BCUT2D eigenvalue weighted by Crippen LogP contribution is 2.22. The molecule has 2 amide bonds. The van der Waals surface area contributed by atoms with Crippen LogP contribution in [0.3, 0.4) is 0 Å². The van der Waals surface area contributed by atoms with Gasteiger partial charge < -0.3 is 15.0 Å². The normalized spacial score (nSPS) is 21.0. The minimum atomic E-state index is -0.339. The Hall–Kier alpha value is -1.34. The molecule has 0 aliphatic carbocycles. The number of carbonyl (C=O) groups is 2. The monoisotopic (exact) mass is 399 g/mol. The van der Waals surface area contributed by atoms with E-state index in [4.69, 9.17) is 27.9 Å². The fourth-order valence-electron chi connectivity index (χ4n) is 3.26. The fraction of sp³-hybridized carbons (Fsp3) is 0.556. The Labute approximate surface area is 163 Å². The van der Waals surface area contributed by atoms with Crippen molar-refractivity contribution in [2.24, 2.45) is 0 Å². The van der Waals surface area contributed by atoms with E-state index in [0.29, 0.717) is 34.8 Å². The van der Waals surface area contributed by atoms with Gasteiger partial charge in [0.2, 0.25) is 5.91 Å². The van der Waals surface area contributed by atoms with Crippen LogP contribution in [0.1, 0.15) is 23.2 Å². The van der Waals surface area contributed by atoms with Crippen LogP contribution in [0, 0.1) is 0 Å². The molecule has 1 aromatic carbocycles. The SMILES string of the molecule is O=C(NCC(=O)N1CCN(CC2CCCO2)CC1)c1ccc(Cl)c(Cl)c1. The predicted octanol–water partition coefficient (Wildman–Crippen LogP) is 2.05. The van der Waals surface area contributed by atoms with Crippen LogP contribution >= 0.6 is 23.2 Å². The Morgan fingerprint density at radius 3 is 2.58 bits per heavy atom. The lowest BCUT2D eigenvalue weighted by Crippen LogP contribution is -2.52. The van der Waals surface area contributed by atoms with Crippen LogP contribution in [-0.2, 0) is 9.53 Å². The maximum absolute atomic E-state index is 12.3. The van der Waals surface area contributed by atoms with Crippen molar-refractivity contribution >= 4 is 35.0 Å². The van der Waals surface area contributed by atoms with Crippen LogP contribution in [0.15, 0.2) is 18.2 Å². The van der Waals surface area contributed by atoms with Crippen molar-refractivity contribution in [2.45, 2.75) is 18.9 Å². The second-order valence-electron chi connectivity index (χ2n) is 6.63. The molecule has 2 aliphatic rings. The molecule has 6 nitrogen and oxygen atoms in total. The van der Waals surface area contributed by atoms with E-state index >= 15 is 0 Å². The number of carbonyl (C=O) groups excluding carboxylic acids is 2. The maximum atomic E-state index is 12.3. The van der Waals surface area contributed by atoms with Crippen molar-refractivity contribution in [3.8, 4) is 0 Å². The van der Waals surface area contributed by atoms with E-state index in [1.165, 1.54) is 6.07 Å². The van der Waals surface area contributed by atoms with Gasteiger partial charge in [0.1, 0.15) is 0 Å². The van der Waals surface area contributed by atoms with E-state index in [2.05, 4.69) is 10.2 Å². The van der Waals surface area contributed by atoms with Gasteiger partial charge in [-0.1, -0.05) is 23.2 Å². The van der Waals surface area contributed by atoms with Crippen LogP contribution < -0.4 is 5.32 Å². The van der Waals surface area contributed by atoms with Gasteiger partial charge in [-0.3, -0.25) is 14.5 Å². The molecular weight excluding hydrogens is 377 g/mol. The predicted molar refractivity (Wildman–Crippen MR) is 101 cm³/mol. The lowest BCUT2D eigenvalue weighted by Gasteiger charge is -2.35. The molecule has 1 atom stereocenters. The molecule has 2 aliphatic heterocycles. The molecule has 26 heavy (non-hydrogen) atoms. The van der Waals surface area contributed by atoms with E-state index in [1.54, 1.807) is 17.0 Å². The van der Waals surface area contributed by atoms with Gasteiger partial charge in [0.05, 0.1) is 22.7 Å². The minimum absolute atomic E-state index is 0.0230. The summed E-state index contributed by atoms with van der Waals surface area (Å²) in [7, 11) is 0. The number of hydrogen-bond acceptors (Lipinski definition) is 4. The molecule has 2 fully saturated rings. The molecule has 0 bridgehead atoms. The summed E-state index contributed by atoms with van der Waals surface area (Å²) in [6.45, 7) is 4.81. The number of amides is 2. The van der Waals surface area contributed by atoms with Gasteiger partial charge in [0, 0.05) is 44.9 Å². The van der Waals surface area contributed by atoms with Crippen molar-refractivity contribution in [3.05, 3.63) is 33.8 Å². The topological polar surface area (TPSA) is 61.9 Å². The first kappa shape index (κ1) is 19.4. The quantitative estimate of drug-likeness (QED) is 0.822. The summed E-state index contributed by atoms with van der Waals surface area (Å²) in [6, 6.07) is 4.64. The molecule has 0 saturated carbocycles. The molecule has 8 heteroatoms. The van der Waals surface area contributed by atoms with Gasteiger partial charge in [0.25, 0.3) is 5.91 Å². The number of hydrogen-bond donors (Lipinski definition) is 1. The van der Waals surface area contributed by atoms with Crippen molar-refractivity contribution in [1.82, 2.24) is 15.1 Å². The third kappa shape index (κ3) is 5.10. The number of nitrogens with zero attached hydrogens (tertiary/aromatic N) is 2. The summed E-state index contributed by atoms with van der Waals surface area (Å²) in [5.74, 6) is -0.413. The van der Waals surface area contributed by atoms with Crippen molar-refractivity contribution < 1.29 is 14.3 Å². The molecule has 1 aromatic rings. The standard InChI is InChI=1S/C18H23Cl2N3O3/c19-15-4-3-13(10-16(15)20)18(25)21-11-17(24)23-7-5-22(6-8-23)12-14-2-1-9-26-14/h3-4,10,14H,1-2,5-9,11-12H2,(H,21,25). The third-order valence-electron chi connectivity index (χ3n) is 4.79. The first-order valence-corrected chi connectivity index (χ1v) is 9.63. The van der Waals surface area contributed by atoms with Gasteiger partial charge >= 0.3 is 0 Å². The van der Waals surface area contributed by atoms with Crippen LogP contribution in [-0.4, -0.2) is 73.6 Å². The maximum Gasteiger partial charge on any atom is 0.251 e. The number of halogens is 2. The van der Waals surface area contributed by atoms with Crippen molar-refractivity contribution in [3.63, 3.8) is 0 Å². The number of piperazine rings is 1. The molecule has 2 heterocycles. The number of ether oxygens (including phenoxy) is 1. The number of rotatable bonds is 5. The number of nitrogens with one attached hydrogen (secondary N) is 1. The lowest BCUT2D eigenvalue weighted by atomic mass is 10.2. The Balaban J connectivity index is 1.41. The van der Waals surface area contributed by atoms with E-state index in [9.17, 15) is 9.59 Å². The highest BCUT2D eigenvalue weighted by molar-refractivity contribution is 6.42. The zero-order valence-corrected chi connectivity index (χ0v) is 16.1. The Morgan fingerprint density at radius 1 is 1.15 bits per heavy atom. The average molecular weight is 400 g/mol. The van der Waals surface area contributed by atoms with Gasteiger partial charge in [-0.15, -0.1) is 0 Å². The molecule has 0 aromatic heterocycles. The van der Waals surface area contributed by atoms with Gasteiger partial charge in [-0.2, -0.15) is 0 Å². The summed E-state index contributed by atoms with van der Waals surface area (Å²) in [4.78, 5) is 28.6. The van der Waals surface area contributed by atoms with Crippen LogP contribution in [0.5, 0.6) is 0 Å². The van der Waals surface area contributed by atoms with Crippen LogP contribution in [0.4, 0.5) is 0 Å². The zero-order chi connectivity index (χ0) is 18.5. The third-order valence-corrected chi connectivity index (χ3v) is 5.53. The van der Waals surface area contributed by atoms with Gasteiger partial charge in [-0.25, -0.2) is 0 Å². The number of benzene rings is 1. The van der Waals surface area contributed by atoms with Crippen molar-refractivity contribution in [1.29, 1.82) is 0 Å². The minimum Gasteiger partial charge on any atom is -0.377 e. The van der Waals surface area contributed by atoms with Crippen LogP contribution in [0.2, 0.25) is 10.0 Å². The Morgan fingerprint density at radius 2 is 1.92 bits per heavy atom. The first-order valence-electron chi connectivity index (χ1n) is 8.88. The smallest absolute Gasteiger partial charge is 0.251 e. The van der Waals surface area contributed by atoms with Gasteiger partial charge in [-0.05, 0) is 31.0 Å². The molecule has 2 saturated heterocycles. The molecule has 142 valence electrons. The van der Waals surface area contributed by atoms with E-state index in [-0.39, 0.29) is 18.4 Å².